The molecule has 1 atom stereocenters. The summed E-state index contributed by atoms with van der Waals surface area (Å²) in [6.45, 7) is 3.80. The topological polar surface area (TPSA) is 74.5 Å². The van der Waals surface area contributed by atoms with Crippen molar-refractivity contribution in [3.8, 4) is 22.6 Å². The number of nitrogens with one attached hydrogen (secondary N) is 1. The molecule has 3 aromatic carbocycles. The van der Waals surface area contributed by atoms with E-state index in [4.69, 9.17) is 9.47 Å². The lowest BCUT2D eigenvalue weighted by atomic mass is 10.0. The van der Waals surface area contributed by atoms with Gasteiger partial charge in [-0.15, -0.1) is 0 Å². The van der Waals surface area contributed by atoms with Crippen molar-refractivity contribution in [3.63, 3.8) is 0 Å². The van der Waals surface area contributed by atoms with Crippen molar-refractivity contribution in [2.75, 3.05) is 20.8 Å². The molecule has 1 N–H and O–H groups in total. The highest BCUT2D eigenvalue weighted by atomic mass is 19.1. The average Bonchev–Trinajstić information content (AvgIpc) is 2.93. The van der Waals surface area contributed by atoms with Gasteiger partial charge < -0.3 is 14.8 Å². The number of halogens is 2. The van der Waals surface area contributed by atoms with Crippen LogP contribution in [0.5, 0.6) is 11.5 Å². The summed E-state index contributed by atoms with van der Waals surface area (Å²) in [5.74, 6) is -0.257. The maximum absolute atomic E-state index is 14.6. The minimum absolute atomic E-state index is 0.255. The van der Waals surface area contributed by atoms with Crippen LogP contribution in [-0.4, -0.2) is 29.9 Å². The summed E-state index contributed by atoms with van der Waals surface area (Å²) in [6, 6.07) is 17.5. The zero-order valence-corrected chi connectivity index (χ0v) is 22.3. The van der Waals surface area contributed by atoms with E-state index in [1.54, 1.807) is 45.2 Å². The Kier molecular flexibility index (Phi) is 8.61. The smallest absolute Gasteiger partial charge is 0.331 e. The average molecular weight is 536 g/mol. The Morgan fingerprint density at radius 2 is 1.54 bits per heavy atom. The van der Waals surface area contributed by atoms with E-state index in [0.717, 1.165) is 28.0 Å². The summed E-state index contributed by atoms with van der Waals surface area (Å²) >= 11 is 0. The van der Waals surface area contributed by atoms with Crippen LogP contribution in [0.1, 0.15) is 29.8 Å². The third-order valence-corrected chi connectivity index (χ3v) is 6.74. The summed E-state index contributed by atoms with van der Waals surface area (Å²) in [6.07, 6.45) is 0. The number of hydrogen-bond donors (Lipinski definition) is 1. The molecule has 1 aromatic heterocycles. The molecule has 9 heteroatoms. The molecule has 0 amide bonds. The first-order chi connectivity index (χ1) is 18.7. The number of nitrogens with zero attached hydrogens (tertiary/aromatic N) is 2. The van der Waals surface area contributed by atoms with Crippen LogP contribution in [0, 0.1) is 18.6 Å². The fourth-order valence-corrected chi connectivity index (χ4v) is 4.56. The molecule has 0 spiro atoms. The normalized spacial score (nSPS) is 11.8. The molecule has 0 saturated carbocycles. The quantitative estimate of drug-likeness (QED) is 0.319. The van der Waals surface area contributed by atoms with Crippen molar-refractivity contribution in [2.24, 2.45) is 0 Å². The van der Waals surface area contributed by atoms with Crippen molar-refractivity contribution >= 4 is 0 Å². The maximum atomic E-state index is 14.6. The van der Waals surface area contributed by atoms with Gasteiger partial charge in [0.2, 0.25) is 0 Å². The van der Waals surface area contributed by atoms with Crippen LogP contribution in [0.2, 0.25) is 0 Å². The summed E-state index contributed by atoms with van der Waals surface area (Å²) in [5.41, 5.74) is 0.702. The molecular formula is C30H31F2N3O4. The largest absolute Gasteiger partial charge is 0.497 e. The van der Waals surface area contributed by atoms with Crippen LogP contribution in [0.15, 0.2) is 76.3 Å². The van der Waals surface area contributed by atoms with Crippen LogP contribution in [0.4, 0.5) is 8.78 Å². The first-order valence-corrected chi connectivity index (χ1v) is 12.5. The standard InChI is InChI=1S/C30H31F2N3O4/c1-19(16-33-17-21-11-13-23(38-3)14-12-21)35-29(36)28(22-7-5-8-24(15-22)39-4)20(2)34(30(35)37)18-25-26(31)9-6-10-27(25)32/h5-15,19,33H,16-18H2,1-4H3/t19-/m1/s1. The number of ether oxygens (including phenoxy) is 2. The molecule has 0 aliphatic rings. The zero-order valence-electron chi connectivity index (χ0n) is 22.3. The molecule has 0 saturated heterocycles. The zero-order chi connectivity index (χ0) is 28.1. The highest BCUT2D eigenvalue weighted by Crippen LogP contribution is 2.25. The Morgan fingerprint density at radius 3 is 2.18 bits per heavy atom. The number of aromatic nitrogens is 2. The van der Waals surface area contributed by atoms with Crippen LogP contribution >= 0.6 is 0 Å². The lowest BCUT2D eigenvalue weighted by Gasteiger charge is -2.22. The molecule has 1 heterocycles. The van der Waals surface area contributed by atoms with Gasteiger partial charge in [0, 0.05) is 24.3 Å². The molecule has 0 aliphatic heterocycles. The fraction of sp³-hybridized carbons (Fsp3) is 0.267. The third-order valence-electron chi connectivity index (χ3n) is 6.74. The molecule has 0 fully saturated rings. The summed E-state index contributed by atoms with van der Waals surface area (Å²) in [7, 11) is 3.12. The van der Waals surface area contributed by atoms with Gasteiger partial charge in [-0.05, 0) is 61.4 Å². The maximum Gasteiger partial charge on any atom is 0.331 e. The predicted octanol–water partition coefficient (Wildman–Crippen LogP) is 4.68. The van der Waals surface area contributed by atoms with Crippen molar-refractivity contribution in [2.45, 2.75) is 33.0 Å². The highest BCUT2D eigenvalue weighted by molar-refractivity contribution is 5.66. The molecule has 39 heavy (non-hydrogen) atoms. The molecular weight excluding hydrogens is 504 g/mol. The molecule has 0 aliphatic carbocycles. The van der Waals surface area contributed by atoms with Gasteiger partial charge in [0.25, 0.3) is 5.56 Å². The first-order valence-electron chi connectivity index (χ1n) is 12.5. The molecule has 0 radical (unpaired) electrons. The van der Waals surface area contributed by atoms with E-state index in [2.05, 4.69) is 5.32 Å². The van der Waals surface area contributed by atoms with Gasteiger partial charge in [0.05, 0.1) is 32.4 Å². The molecule has 4 aromatic rings. The Labute approximate surface area is 225 Å². The van der Waals surface area contributed by atoms with Gasteiger partial charge in [-0.1, -0.05) is 30.3 Å². The van der Waals surface area contributed by atoms with Crippen LogP contribution in [0.3, 0.4) is 0 Å². The number of benzene rings is 3. The number of rotatable bonds is 10. The summed E-state index contributed by atoms with van der Waals surface area (Å²) < 4.78 is 42.1. The molecule has 0 bridgehead atoms. The molecule has 0 unspecified atom stereocenters. The van der Waals surface area contributed by atoms with E-state index in [-0.39, 0.29) is 17.7 Å². The monoisotopic (exact) mass is 535 g/mol. The lowest BCUT2D eigenvalue weighted by molar-refractivity contribution is 0.414. The van der Waals surface area contributed by atoms with E-state index in [9.17, 15) is 18.4 Å². The Bertz CT molecular complexity index is 1560. The Hall–Kier alpha value is -4.24. The van der Waals surface area contributed by atoms with E-state index in [0.29, 0.717) is 30.1 Å². The van der Waals surface area contributed by atoms with Crippen molar-refractivity contribution in [1.82, 2.24) is 14.5 Å². The first kappa shape index (κ1) is 27.8. The second-order valence-corrected chi connectivity index (χ2v) is 9.26. The van der Waals surface area contributed by atoms with E-state index >= 15 is 0 Å². The lowest BCUT2D eigenvalue weighted by Crippen LogP contribution is -2.45. The molecule has 7 nitrogen and oxygen atoms in total. The van der Waals surface area contributed by atoms with Crippen molar-refractivity contribution in [3.05, 3.63) is 116 Å². The van der Waals surface area contributed by atoms with Gasteiger partial charge >= 0.3 is 5.69 Å². The SMILES string of the molecule is COc1ccc(CNC[C@@H](C)n2c(=O)c(-c3cccc(OC)c3)c(C)n(Cc3c(F)cccc3F)c2=O)cc1. The summed E-state index contributed by atoms with van der Waals surface area (Å²) in [4.78, 5) is 27.5. The van der Waals surface area contributed by atoms with Crippen molar-refractivity contribution in [1.29, 1.82) is 0 Å². The number of methoxy groups -OCH3 is 2. The second-order valence-electron chi connectivity index (χ2n) is 9.26. The van der Waals surface area contributed by atoms with E-state index < -0.39 is 28.9 Å². The number of hydrogen-bond acceptors (Lipinski definition) is 5. The third kappa shape index (κ3) is 5.93. The Balaban J connectivity index is 1.76. The van der Waals surface area contributed by atoms with Gasteiger partial charge in [-0.2, -0.15) is 0 Å². The van der Waals surface area contributed by atoms with Crippen LogP contribution < -0.4 is 26.0 Å². The van der Waals surface area contributed by atoms with Gasteiger partial charge in [-0.3, -0.25) is 13.9 Å². The fourth-order valence-electron chi connectivity index (χ4n) is 4.56. The minimum atomic E-state index is -0.767. The predicted molar refractivity (Wildman–Crippen MR) is 147 cm³/mol. The van der Waals surface area contributed by atoms with Crippen LogP contribution in [0.25, 0.3) is 11.1 Å². The van der Waals surface area contributed by atoms with E-state index in [1.165, 1.54) is 17.7 Å². The second kappa shape index (κ2) is 12.1. The van der Waals surface area contributed by atoms with Gasteiger partial charge in [0.15, 0.2) is 0 Å². The minimum Gasteiger partial charge on any atom is -0.497 e. The molecule has 204 valence electrons. The van der Waals surface area contributed by atoms with Crippen molar-refractivity contribution < 1.29 is 18.3 Å². The molecule has 4 rings (SSSR count). The van der Waals surface area contributed by atoms with E-state index in [1.807, 2.05) is 24.3 Å². The van der Waals surface area contributed by atoms with Crippen LogP contribution in [-0.2, 0) is 13.1 Å². The highest BCUT2D eigenvalue weighted by Gasteiger charge is 2.23. The van der Waals surface area contributed by atoms with Gasteiger partial charge in [-0.25, -0.2) is 13.6 Å². The Morgan fingerprint density at radius 1 is 0.897 bits per heavy atom. The van der Waals surface area contributed by atoms with Gasteiger partial charge in [0.1, 0.15) is 23.1 Å². The summed E-state index contributed by atoms with van der Waals surface area (Å²) in [5, 5.41) is 3.28.